The Balaban J connectivity index is 3.57. The van der Waals surface area contributed by atoms with Crippen molar-refractivity contribution >= 4 is 12.2 Å². The van der Waals surface area contributed by atoms with Gasteiger partial charge in [0.1, 0.15) is 12.4 Å². The van der Waals surface area contributed by atoms with Gasteiger partial charge in [-0.25, -0.2) is 0 Å². The molecule has 0 saturated heterocycles. The Bertz CT molecular complexity index is 227. The second-order valence-corrected chi connectivity index (χ2v) is 2.39. The molecule has 72 valence electrons. The molecule has 0 spiro atoms. The predicted octanol–water partition coefficient (Wildman–Crippen LogP) is -0.534. The smallest absolute Gasteiger partial charge is 0.223 e. The molecule has 13 heavy (non-hydrogen) atoms. The van der Waals surface area contributed by atoms with E-state index in [1.54, 1.807) is 0 Å². The summed E-state index contributed by atoms with van der Waals surface area (Å²) in [5, 5.41) is 11.2. The van der Waals surface area contributed by atoms with Crippen LogP contribution in [0.3, 0.4) is 0 Å². The van der Waals surface area contributed by atoms with Crippen LogP contribution in [0.5, 0.6) is 0 Å². The Kier molecular flexibility index (Phi) is 6.56. The molecule has 0 heterocycles. The van der Waals surface area contributed by atoms with Crippen molar-refractivity contribution in [3.63, 3.8) is 0 Å². The van der Waals surface area contributed by atoms with E-state index in [9.17, 15) is 9.59 Å². The minimum absolute atomic E-state index is 0.197. The average molecular weight is 183 g/mol. The first-order valence-corrected chi connectivity index (χ1v) is 4.06. The van der Waals surface area contributed by atoms with Crippen LogP contribution in [-0.2, 0) is 9.59 Å². The summed E-state index contributed by atoms with van der Waals surface area (Å²) >= 11 is 0. The van der Waals surface area contributed by atoms with Crippen LogP contribution in [0, 0.1) is 11.8 Å². The zero-order valence-corrected chi connectivity index (χ0v) is 7.54. The topological polar surface area (TPSA) is 66.4 Å². The standard InChI is InChI=1S/C9H13NO3/c1-2-3-4-5-10-9(13)6-8(12)7-11/h7-8,12H,2,5-6H2,1H3,(H,10,13). The number of carbonyl (C=O) groups excluding carboxylic acids is 2. The van der Waals surface area contributed by atoms with Crippen molar-refractivity contribution < 1.29 is 14.7 Å². The Hall–Kier alpha value is -1.34. The quantitative estimate of drug-likeness (QED) is 0.454. The lowest BCUT2D eigenvalue weighted by Gasteiger charge is -2.01. The van der Waals surface area contributed by atoms with Crippen LogP contribution in [0.15, 0.2) is 0 Å². The highest BCUT2D eigenvalue weighted by atomic mass is 16.3. The lowest BCUT2D eigenvalue weighted by atomic mass is 10.2. The van der Waals surface area contributed by atoms with Crippen molar-refractivity contribution in [3.05, 3.63) is 0 Å². The first kappa shape index (κ1) is 11.7. The number of rotatable bonds is 4. The minimum Gasteiger partial charge on any atom is -0.385 e. The molecule has 0 aromatic rings. The maximum atomic E-state index is 10.9. The number of nitrogens with one attached hydrogen (secondary N) is 1. The van der Waals surface area contributed by atoms with E-state index in [1.165, 1.54) is 0 Å². The summed E-state index contributed by atoms with van der Waals surface area (Å²) in [6.45, 7) is 2.17. The van der Waals surface area contributed by atoms with Crippen molar-refractivity contribution in [2.45, 2.75) is 25.9 Å². The van der Waals surface area contributed by atoms with Gasteiger partial charge in [0.2, 0.25) is 5.91 Å². The van der Waals surface area contributed by atoms with E-state index >= 15 is 0 Å². The van der Waals surface area contributed by atoms with Crippen LogP contribution < -0.4 is 5.32 Å². The van der Waals surface area contributed by atoms with Gasteiger partial charge >= 0.3 is 0 Å². The maximum absolute atomic E-state index is 10.9. The van der Waals surface area contributed by atoms with Gasteiger partial charge in [-0.05, 0) is 0 Å². The van der Waals surface area contributed by atoms with Crippen molar-refractivity contribution in [1.29, 1.82) is 0 Å². The lowest BCUT2D eigenvalue weighted by Crippen LogP contribution is -2.28. The lowest BCUT2D eigenvalue weighted by molar-refractivity contribution is -0.126. The third kappa shape index (κ3) is 7.04. The van der Waals surface area contributed by atoms with Crippen LogP contribution in [-0.4, -0.2) is 29.9 Å². The maximum Gasteiger partial charge on any atom is 0.223 e. The number of carbonyl (C=O) groups is 2. The van der Waals surface area contributed by atoms with Crippen molar-refractivity contribution in [1.82, 2.24) is 5.32 Å². The Morgan fingerprint density at radius 1 is 1.62 bits per heavy atom. The fraction of sp³-hybridized carbons (Fsp3) is 0.556. The van der Waals surface area contributed by atoms with Crippen LogP contribution >= 0.6 is 0 Å². The van der Waals surface area contributed by atoms with Crippen LogP contribution in [0.1, 0.15) is 19.8 Å². The molecule has 0 fully saturated rings. The molecule has 0 aliphatic carbocycles. The zero-order valence-electron chi connectivity index (χ0n) is 7.54. The van der Waals surface area contributed by atoms with Crippen LogP contribution in [0.4, 0.5) is 0 Å². The normalized spacial score (nSPS) is 10.9. The highest BCUT2D eigenvalue weighted by molar-refractivity contribution is 5.79. The van der Waals surface area contributed by atoms with Crippen LogP contribution in [0.2, 0.25) is 0 Å². The summed E-state index contributed by atoms with van der Waals surface area (Å²) in [6, 6.07) is 0. The number of aldehydes is 1. The second-order valence-electron chi connectivity index (χ2n) is 2.39. The first-order valence-electron chi connectivity index (χ1n) is 4.06. The summed E-state index contributed by atoms with van der Waals surface area (Å²) in [7, 11) is 0. The molecule has 4 nitrogen and oxygen atoms in total. The Morgan fingerprint density at radius 3 is 2.85 bits per heavy atom. The minimum atomic E-state index is -1.21. The molecular formula is C9H13NO3. The van der Waals surface area contributed by atoms with Gasteiger partial charge < -0.3 is 15.2 Å². The molecule has 1 atom stereocenters. The van der Waals surface area contributed by atoms with E-state index in [0.717, 1.165) is 6.42 Å². The van der Waals surface area contributed by atoms with Crippen molar-refractivity contribution in [2.24, 2.45) is 0 Å². The highest BCUT2D eigenvalue weighted by Crippen LogP contribution is 1.85. The molecule has 1 amide bonds. The summed E-state index contributed by atoms with van der Waals surface area (Å²) in [5.41, 5.74) is 0. The van der Waals surface area contributed by atoms with E-state index in [4.69, 9.17) is 5.11 Å². The summed E-state index contributed by atoms with van der Waals surface area (Å²) < 4.78 is 0. The van der Waals surface area contributed by atoms with Gasteiger partial charge in [-0.2, -0.15) is 0 Å². The molecule has 1 unspecified atom stereocenters. The van der Waals surface area contributed by atoms with Crippen molar-refractivity contribution in [3.8, 4) is 11.8 Å². The Morgan fingerprint density at radius 2 is 2.31 bits per heavy atom. The Labute approximate surface area is 77.3 Å². The molecule has 0 saturated carbocycles. The molecule has 0 aliphatic rings. The molecule has 0 bridgehead atoms. The monoisotopic (exact) mass is 183 g/mol. The van der Waals surface area contributed by atoms with E-state index in [2.05, 4.69) is 17.2 Å². The molecule has 0 rings (SSSR count). The van der Waals surface area contributed by atoms with E-state index in [1.807, 2.05) is 6.92 Å². The van der Waals surface area contributed by atoms with Gasteiger partial charge in [0.15, 0.2) is 0 Å². The first-order chi connectivity index (χ1) is 6.20. The summed E-state index contributed by atoms with van der Waals surface area (Å²) in [5.74, 6) is 5.11. The SMILES string of the molecule is CCC#CCNC(=O)CC(O)C=O. The summed E-state index contributed by atoms with van der Waals surface area (Å²) in [4.78, 5) is 20.8. The molecule has 0 radical (unpaired) electrons. The van der Waals surface area contributed by atoms with Crippen LogP contribution in [0.25, 0.3) is 0 Å². The number of hydrogen-bond donors (Lipinski definition) is 2. The third-order valence-corrected chi connectivity index (χ3v) is 1.23. The molecule has 0 aliphatic heterocycles. The van der Waals surface area contributed by atoms with Gasteiger partial charge in [0.25, 0.3) is 0 Å². The summed E-state index contributed by atoms with van der Waals surface area (Å²) in [6.07, 6.45) is -0.333. The fourth-order valence-corrected chi connectivity index (χ4v) is 0.641. The number of amides is 1. The zero-order chi connectivity index (χ0) is 10.1. The number of aliphatic hydroxyl groups is 1. The molecule has 2 N–H and O–H groups in total. The second kappa shape index (κ2) is 7.32. The highest BCUT2D eigenvalue weighted by Gasteiger charge is 2.07. The van der Waals surface area contributed by atoms with E-state index < -0.39 is 6.10 Å². The van der Waals surface area contributed by atoms with Crippen molar-refractivity contribution in [2.75, 3.05) is 6.54 Å². The number of aliphatic hydroxyl groups excluding tert-OH is 1. The van der Waals surface area contributed by atoms with Gasteiger partial charge in [-0.1, -0.05) is 12.8 Å². The average Bonchev–Trinajstić information content (AvgIpc) is 2.12. The fourth-order valence-electron chi connectivity index (χ4n) is 0.641. The van der Waals surface area contributed by atoms with Gasteiger partial charge in [0.05, 0.1) is 13.0 Å². The van der Waals surface area contributed by atoms with E-state index in [-0.39, 0.29) is 18.9 Å². The van der Waals surface area contributed by atoms with Gasteiger partial charge in [-0.15, -0.1) is 5.92 Å². The molecule has 0 aromatic heterocycles. The number of hydrogen-bond acceptors (Lipinski definition) is 3. The van der Waals surface area contributed by atoms with E-state index in [0.29, 0.717) is 6.29 Å². The van der Waals surface area contributed by atoms with Gasteiger partial charge in [-0.3, -0.25) is 4.79 Å². The predicted molar refractivity (Wildman–Crippen MR) is 47.8 cm³/mol. The largest absolute Gasteiger partial charge is 0.385 e. The van der Waals surface area contributed by atoms with Gasteiger partial charge in [0, 0.05) is 6.42 Å². The third-order valence-electron chi connectivity index (χ3n) is 1.23. The molecular weight excluding hydrogens is 170 g/mol. The molecule has 0 aromatic carbocycles. The molecule has 4 heteroatoms.